The lowest BCUT2D eigenvalue weighted by Crippen LogP contribution is -2.71. The van der Waals surface area contributed by atoms with Crippen molar-refractivity contribution in [2.24, 2.45) is 5.41 Å². The minimum atomic E-state index is -1.44. The van der Waals surface area contributed by atoms with Crippen LogP contribution in [0.1, 0.15) is 18.9 Å². The number of aliphatic hydroxyl groups excluding tert-OH is 2. The number of amides is 2. The molecule has 5 rings (SSSR count). The van der Waals surface area contributed by atoms with Crippen molar-refractivity contribution >= 4 is 40.4 Å². The molecule has 4 aliphatic rings. The monoisotopic (exact) mass is 617 g/mol. The van der Waals surface area contributed by atoms with Gasteiger partial charge in [0.1, 0.15) is 42.7 Å². The molecule has 1 aromatic rings. The largest absolute Gasteiger partial charge is 0.458 e. The van der Waals surface area contributed by atoms with Crippen LogP contribution in [0.25, 0.3) is 0 Å². The molecule has 8 unspecified atom stereocenters. The van der Waals surface area contributed by atoms with E-state index in [9.17, 15) is 19.5 Å². The lowest BCUT2D eigenvalue weighted by atomic mass is 9.62. The van der Waals surface area contributed by atoms with E-state index in [-0.39, 0.29) is 32.9 Å². The third-order valence-electron chi connectivity index (χ3n) is 7.24. The fourth-order valence-corrected chi connectivity index (χ4v) is 6.16. The molecule has 13 heteroatoms. The number of aliphatic hydroxyl groups is 2. The van der Waals surface area contributed by atoms with Gasteiger partial charge in [-0.1, -0.05) is 18.2 Å². The van der Waals surface area contributed by atoms with Crippen LogP contribution >= 0.6 is 22.6 Å². The molecule has 8 atom stereocenters. The van der Waals surface area contributed by atoms with Crippen LogP contribution < -0.4 is 10.6 Å². The van der Waals surface area contributed by atoms with Crippen LogP contribution in [0.5, 0.6) is 0 Å². The van der Waals surface area contributed by atoms with E-state index in [0.717, 1.165) is 9.13 Å². The highest BCUT2D eigenvalue weighted by atomic mass is 127. The van der Waals surface area contributed by atoms with Gasteiger partial charge in [-0.3, -0.25) is 19.2 Å². The summed E-state index contributed by atoms with van der Waals surface area (Å²) in [5, 5.41) is 25.9. The Labute approximate surface area is 220 Å². The summed E-state index contributed by atoms with van der Waals surface area (Å²) in [5.74, 6) is -1.90. The zero-order valence-electron chi connectivity index (χ0n) is 19.5. The van der Waals surface area contributed by atoms with E-state index in [4.69, 9.17) is 24.2 Å². The molecule has 3 saturated heterocycles. The van der Waals surface area contributed by atoms with Crippen molar-refractivity contribution in [2.45, 2.75) is 62.5 Å². The fourth-order valence-electron chi connectivity index (χ4n) is 5.60. The molecule has 196 valence electrons. The number of nitrogens with zero attached hydrogens (tertiary/aromatic N) is 1. The first-order valence-corrected chi connectivity index (χ1v) is 12.8. The number of nitrogens with one attached hydrogen (secondary N) is 2. The predicted molar refractivity (Wildman–Crippen MR) is 129 cm³/mol. The molecule has 2 bridgehead atoms. The second-order valence-corrected chi connectivity index (χ2v) is 10.6. The van der Waals surface area contributed by atoms with E-state index in [1.54, 1.807) is 0 Å². The number of halogens is 1. The number of hydrogen-bond acceptors (Lipinski definition) is 10. The van der Waals surface area contributed by atoms with Gasteiger partial charge in [-0.15, -0.1) is 0 Å². The lowest BCUT2D eigenvalue weighted by Gasteiger charge is -2.49. The van der Waals surface area contributed by atoms with Gasteiger partial charge in [0.05, 0.1) is 19.3 Å². The molecule has 0 spiro atoms. The molecule has 4 N–H and O–H groups in total. The minimum absolute atomic E-state index is 0.0257. The Morgan fingerprint density at radius 2 is 2.03 bits per heavy atom. The summed E-state index contributed by atoms with van der Waals surface area (Å²) in [6.45, 7) is 1.23. The Hall–Kier alpha value is -1.88. The van der Waals surface area contributed by atoms with Crippen LogP contribution in [0.4, 0.5) is 0 Å². The van der Waals surface area contributed by atoms with Gasteiger partial charge >= 0.3 is 5.97 Å². The average Bonchev–Trinajstić information content (AvgIpc) is 3.46. The Balaban J connectivity index is 1.50. The number of fused-ring (bicyclic) bond motifs is 4. The van der Waals surface area contributed by atoms with Crippen LogP contribution in [0.15, 0.2) is 24.3 Å². The molecule has 1 saturated carbocycles. The van der Waals surface area contributed by atoms with Gasteiger partial charge in [0.2, 0.25) is 11.8 Å². The van der Waals surface area contributed by atoms with Crippen LogP contribution in [0, 0.1) is 8.99 Å². The number of rotatable bonds is 8. The van der Waals surface area contributed by atoms with Crippen molar-refractivity contribution in [3.63, 3.8) is 0 Å². The van der Waals surface area contributed by atoms with Gasteiger partial charge in [-0.05, 0) is 41.1 Å². The quantitative estimate of drug-likeness (QED) is 0.207. The zero-order valence-corrected chi connectivity index (χ0v) is 21.6. The molecule has 3 aliphatic heterocycles. The van der Waals surface area contributed by atoms with Crippen molar-refractivity contribution in [2.75, 3.05) is 19.9 Å². The fraction of sp³-hybridized carbons (Fsp3) is 0.609. The van der Waals surface area contributed by atoms with Crippen LogP contribution in [0.2, 0.25) is 0 Å². The topological polar surface area (TPSA) is 156 Å². The van der Waals surface area contributed by atoms with Gasteiger partial charge in [0, 0.05) is 16.5 Å². The smallest absolute Gasteiger partial charge is 0.327 e. The van der Waals surface area contributed by atoms with E-state index < -0.39 is 65.8 Å². The Morgan fingerprint density at radius 3 is 2.75 bits per heavy atom. The first kappa shape index (κ1) is 25.8. The van der Waals surface area contributed by atoms with Gasteiger partial charge in [0.25, 0.3) is 0 Å². The molecule has 12 nitrogen and oxygen atoms in total. The molecule has 4 fully saturated rings. The molecule has 0 aromatic heterocycles. The van der Waals surface area contributed by atoms with Gasteiger partial charge < -0.3 is 35.1 Å². The SMILES string of the molecule is CC(O)C(NC(=O)C12CC3OC(=O)C1N(Cc1ccccc1I)OC2C1OCOC31)C(=O)NCCO. The first-order chi connectivity index (χ1) is 17.3. The highest BCUT2D eigenvalue weighted by Gasteiger charge is 2.74. The number of esters is 1. The first-order valence-electron chi connectivity index (χ1n) is 11.8. The zero-order chi connectivity index (χ0) is 25.6. The van der Waals surface area contributed by atoms with E-state index in [2.05, 4.69) is 33.2 Å². The minimum Gasteiger partial charge on any atom is -0.458 e. The third kappa shape index (κ3) is 4.19. The molecule has 36 heavy (non-hydrogen) atoms. The average molecular weight is 617 g/mol. The molecule has 3 heterocycles. The van der Waals surface area contributed by atoms with E-state index in [0.29, 0.717) is 0 Å². The molecule has 1 aliphatic carbocycles. The van der Waals surface area contributed by atoms with Crippen LogP contribution in [0.3, 0.4) is 0 Å². The number of ether oxygens (including phenoxy) is 3. The van der Waals surface area contributed by atoms with Crippen LogP contribution in [-0.4, -0.2) is 95.6 Å². The summed E-state index contributed by atoms with van der Waals surface area (Å²) in [5.41, 5.74) is -0.549. The molecular formula is C23H28IN3O9. The number of carbonyl (C=O) groups is 3. The maximum atomic E-state index is 14.0. The molecule has 2 amide bonds. The summed E-state index contributed by atoms with van der Waals surface area (Å²) < 4.78 is 18.2. The van der Waals surface area contributed by atoms with Crippen molar-refractivity contribution < 1.29 is 43.6 Å². The lowest BCUT2D eigenvalue weighted by molar-refractivity contribution is -0.201. The van der Waals surface area contributed by atoms with Gasteiger partial charge in [-0.2, -0.15) is 5.06 Å². The summed E-state index contributed by atoms with van der Waals surface area (Å²) in [6.07, 6.45) is -3.99. The summed E-state index contributed by atoms with van der Waals surface area (Å²) >= 11 is 2.19. The Morgan fingerprint density at radius 1 is 1.28 bits per heavy atom. The van der Waals surface area contributed by atoms with Crippen molar-refractivity contribution in [3.05, 3.63) is 33.4 Å². The Kier molecular flexibility index (Phi) is 7.24. The van der Waals surface area contributed by atoms with Gasteiger partial charge in [0.15, 0.2) is 6.04 Å². The number of carbonyl (C=O) groups excluding carboxylic acids is 3. The summed E-state index contributed by atoms with van der Waals surface area (Å²) in [4.78, 5) is 46.3. The summed E-state index contributed by atoms with van der Waals surface area (Å²) in [7, 11) is 0. The third-order valence-corrected chi connectivity index (χ3v) is 8.29. The Bertz CT molecular complexity index is 1040. The van der Waals surface area contributed by atoms with E-state index in [1.165, 1.54) is 12.0 Å². The second-order valence-electron chi connectivity index (χ2n) is 9.40. The summed E-state index contributed by atoms with van der Waals surface area (Å²) in [6, 6.07) is 5.20. The standard InChI is InChI=1S/C23H28IN3O9/c1-11(29)15(20(30)25-6-7-28)26-22(32)23-8-14-16-17(34-10-33-16)19(23)36-27(18(23)21(31)35-14)9-12-4-2-3-5-13(12)24/h2-5,11,14-19,28-29H,6-10H2,1H3,(H,25,30)(H,26,32). The van der Waals surface area contributed by atoms with E-state index in [1.807, 2.05) is 24.3 Å². The number of hydrogen-bond donors (Lipinski definition) is 4. The van der Waals surface area contributed by atoms with Gasteiger partial charge in [-0.25, -0.2) is 0 Å². The second kappa shape index (κ2) is 10.1. The van der Waals surface area contributed by atoms with Crippen LogP contribution in [-0.2, 0) is 40.0 Å². The number of benzene rings is 1. The maximum Gasteiger partial charge on any atom is 0.327 e. The van der Waals surface area contributed by atoms with Crippen molar-refractivity contribution in [1.29, 1.82) is 0 Å². The predicted octanol–water partition coefficient (Wildman–Crippen LogP) is -1.19. The van der Waals surface area contributed by atoms with E-state index >= 15 is 0 Å². The molecule has 0 radical (unpaired) electrons. The highest BCUT2D eigenvalue weighted by molar-refractivity contribution is 14.1. The number of hydroxylamine groups is 2. The normalized spacial score (nSPS) is 34.4. The highest BCUT2D eigenvalue weighted by Crippen LogP contribution is 2.55. The van der Waals surface area contributed by atoms with Crippen molar-refractivity contribution in [3.8, 4) is 0 Å². The van der Waals surface area contributed by atoms with Crippen molar-refractivity contribution in [1.82, 2.24) is 15.7 Å². The molecule has 1 aromatic carbocycles. The molecular weight excluding hydrogens is 589 g/mol. The maximum absolute atomic E-state index is 14.0.